The highest BCUT2D eigenvalue weighted by atomic mass is 16.5. The molecule has 0 heterocycles. The number of ether oxygens (including phenoxy) is 2. The van der Waals surface area contributed by atoms with Gasteiger partial charge in [0.1, 0.15) is 17.1 Å². The molecule has 7 nitrogen and oxygen atoms in total. The van der Waals surface area contributed by atoms with Gasteiger partial charge in [-0.2, -0.15) is 0 Å². The molecular formula is C16H14O7. The van der Waals surface area contributed by atoms with Crippen molar-refractivity contribution in [3.05, 3.63) is 47.5 Å². The van der Waals surface area contributed by atoms with E-state index in [1.807, 2.05) is 0 Å². The Morgan fingerprint density at radius 3 is 2.17 bits per heavy atom. The Labute approximate surface area is 131 Å². The molecule has 0 atom stereocenters. The number of phenols is 1. The highest BCUT2D eigenvalue weighted by Gasteiger charge is 2.22. The van der Waals surface area contributed by atoms with Gasteiger partial charge in [0.2, 0.25) is 0 Å². The van der Waals surface area contributed by atoms with Crippen molar-refractivity contribution in [2.45, 2.75) is 6.92 Å². The molecule has 2 aromatic carbocycles. The standard InChI is InChI=1S/C16H14O7/c1-2-22-14-12(8-7-11(17)13(14)16(20)21)23-10-5-3-9(4-6-10)15(18)19/h3-8,17H,2H2,1H3,(H,18,19)(H,20,21). The van der Waals surface area contributed by atoms with Crippen molar-refractivity contribution in [1.82, 2.24) is 0 Å². The summed E-state index contributed by atoms with van der Waals surface area (Å²) in [6.07, 6.45) is 0. The summed E-state index contributed by atoms with van der Waals surface area (Å²) < 4.78 is 10.8. The quantitative estimate of drug-likeness (QED) is 0.750. The van der Waals surface area contributed by atoms with E-state index < -0.39 is 23.3 Å². The Kier molecular flexibility index (Phi) is 4.70. The molecule has 0 aliphatic carbocycles. The van der Waals surface area contributed by atoms with Crippen LogP contribution in [0, 0.1) is 0 Å². The Balaban J connectivity index is 2.40. The van der Waals surface area contributed by atoms with Crippen molar-refractivity contribution < 1.29 is 34.4 Å². The van der Waals surface area contributed by atoms with E-state index in [2.05, 4.69) is 0 Å². The van der Waals surface area contributed by atoms with E-state index in [0.29, 0.717) is 5.75 Å². The molecule has 0 aliphatic rings. The van der Waals surface area contributed by atoms with Crippen LogP contribution in [0.1, 0.15) is 27.6 Å². The number of hydrogen-bond donors (Lipinski definition) is 3. The lowest BCUT2D eigenvalue weighted by Crippen LogP contribution is -2.05. The zero-order chi connectivity index (χ0) is 17.0. The van der Waals surface area contributed by atoms with Crippen molar-refractivity contribution in [1.29, 1.82) is 0 Å². The molecule has 0 aromatic heterocycles. The van der Waals surface area contributed by atoms with Gasteiger partial charge >= 0.3 is 11.9 Å². The summed E-state index contributed by atoms with van der Waals surface area (Å²) >= 11 is 0. The second-order valence-electron chi connectivity index (χ2n) is 4.46. The molecule has 0 saturated carbocycles. The Morgan fingerprint density at radius 1 is 1.00 bits per heavy atom. The molecule has 0 amide bonds. The zero-order valence-corrected chi connectivity index (χ0v) is 12.1. The first kappa shape index (κ1) is 16.2. The minimum Gasteiger partial charge on any atom is -0.507 e. The number of carboxylic acid groups (broad SMARTS) is 2. The minimum absolute atomic E-state index is 0.0951. The number of carbonyl (C=O) groups is 2. The van der Waals surface area contributed by atoms with Crippen molar-refractivity contribution in [2.24, 2.45) is 0 Å². The largest absolute Gasteiger partial charge is 0.507 e. The fourth-order valence-electron chi connectivity index (χ4n) is 1.92. The van der Waals surface area contributed by atoms with Gasteiger partial charge < -0.3 is 24.8 Å². The van der Waals surface area contributed by atoms with Gasteiger partial charge in [0.05, 0.1) is 12.2 Å². The first-order valence-electron chi connectivity index (χ1n) is 6.67. The lowest BCUT2D eigenvalue weighted by molar-refractivity contribution is 0.0680. The maximum absolute atomic E-state index is 11.3. The summed E-state index contributed by atoms with van der Waals surface area (Å²) in [6.45, 7) is 1.85. The number of rotatable bonds is 6. The molecule has 2 aromatic rings. The van der Waals surface area contributed by atoms with E-state index >= 15 is 0 Å². The third-order valence-electron chi connectivity index (χ3n) is 2.93. The highest BCUT2D eigenvalue weighted by molar-refractivity contribution is 5.95. The van der Waals surface area contributed by atoms with Crippen LogP contribution >= 0.6 is 0 Å². The number of aromatic carboxylic acids is 2. The molecule has 0 aliphatic heterocycles. The van der Waals surface area contributed by atoms with E-state index in [0.717, 1.165) is 0 Å². The van der Waals surface area contributed by atoms with Crippen LogP contribution in [0.4, 0.5) is 0 Å². The Bertz CT molecular complexity index is 735. The molecule has 2 rings (SSSR count). The van der Waals surface area contributed by atoms with E-state index in [1.54, 1.807) is 6.92 Å². The summed E-state index contributed by atoms with van der Waals surface area (Å²) in [5.74, 6) is -2.54. The molecule has 0 saturated heterocycles. The average Bonchev–Trinajstić information content (AvgIpc) is 2.50. The summed E-state index contributed by atoms with van der Waals surface area (Å²) in [5.41, 5.74) is -0.300. The number of aromatic hydroxyl groups is 1. The first-order chi connectivity index (χ1) is 10.9. The minimum atomic E-state index is -1.35. The van der Waals surface area contributed by atoms with Crippen molar-refractivity contribution >= 4 is 11.9 Å². The van der Waals surface area contributed by atoms with Gasteiger partial charge in [-0.15, -0.1) is 0 Å². The lowest BCUT2D eigenvalue weighted by atomic mass is 10.1. The van der Waals surface area contributed by atoms with E-state index in [4.69, 9.17) is 14.6 Å². The predicted molar refractivity (Wildman–Crippen MR) is 79.7 cm³/mol. The van der Waals surface area contributed by atoms with E-state index in [1.165, 1.54) is 36.4 Å². The molecule has 0 unspecified atom stereocenters. The van der Waals surface area contributed by atoms with Gasteiger partial charge in [-0.1, -0.05) is 0 Å². The molecule has 0 bridgehead atoms. The molecule has 23 heavy (non-hydrogen) atoms. The lowest BCUT2D eigenvalue weighted by Gasteiger charge is -2.14. The van der Waals surface area contributed by atoms with Gasteiger partial charge in [0.25, 0.3) is 0 Å². The van der Waals surface area contributed by atoms with Crippen LogP contribution in [0.15, 0.2) is 36.4 Å². The molecule has 0 fully saturated rings. The molecule has 0 radical (unpaired) electrons. The van der Waals surface area contributed by atoms with Crippen LogP contribution in [0.2, 0.25) is 0 Å². The monoisotopic (exact) mass is 318 g/mol. The van der Waals surface area contributed by atoms with Gasteiger partial charge in [-0.05, 0) is 43.3 Å². The molecule has 7 heteroatoms. The topological polar surface area (TPSA) is 113 Å². The van der Waals surface area contributed by atoms with Crippen LogP contribution in [0.3, 0.4) is 0 Å². The zero-order valence-electron chi connectivity index (χ0n) is 12.1. The average molecular weight is 318 g/mol. The van der Waals surface area contributed by atoms with Crippen LogP contribution in [-0.2, 0) is 0 Å². The van der Waals surface area contributed by atoms with Crippen LogP contribution in [0.25, 0.3) is 0 Å². The van der Waals surface area contributed by atoms with Gasteiger partial charge in [-0.25, -0.2) is 9.59 Å². The normalized spacial score (nSPS) is 10.1. The summed E-state index contributed by atoms with van der Waals surface area (Å²) in [4.78, 5) is 22.1. The fourth-order valence-corrected chi connectivity index (χ4v) is 1.92. The van der Waals surface area contributed by atoms with Gasteiger partial charge in [0, 0.05) is 0 Å². The summed E-state index contributed by atoms with van der Waals surface area (Å²) in [5, 5.41) is 27.7. The summed E-state index contributed by atoms with van der Waals surface area (Å²) in [6, 6.07) is 8.15. The third kappa shape index (κ3) is 3.52. The maximum atomic E-state index is 11.3. The van der Waals surface area contributed by atoms with E-state index in [-0.39, 0.29) is 23.7 Å². The molecule has 0 spiro atoms. The predicted octanol–water partition coefficient (Wildman–Crippen LogP) is 2.98. The van der Waals surface area contributed by atoms with Crippen LogP contribution < -0.4 is 9.47 Å². The Morgan fingerprint density at radius 2 is 1.65 bits per heavy atom. The van der Waals surface area contributed by atoms with Crippen LogP contribution in [0.5, 0.6) is 23.0 Å². The summed E-state index contributed by atoms with van der Waals surface area (Å²) in [7, 11) is 0. The number of hydrogen-bond acceptors (Lipinski definition) is 5. The van der Waals surface area contributed by atoms with E-state index in [9.17, 15) is 19.8 Å². The van der Waals surface area contributed by atoms with Crippen molar-refractivity contribution in [3.8, 4) is 23.0 Å². The number of benzene rings is 2. The smallest absolute Gasteiger partial charge is 0.343 e. The highest BCUT2D eigenvalue weighted by Crippen LogP contribution is 2.39. The van der Waals surface area contributed by atoms with Crippen molar-refractivity contribution in [3.63, 3.8) is 0 Å². The second-order valence-corrected chi connectivity index (χ2v) is 4.46. The Hall–Kier alpha value is -3.22. The maximum Gasteiger partial charge on any atom is 0.343 e. The first-order valence-corrected chi connectivity index (χ1v) is 6.67. The molecule has 120 valence electrons. The van der Waals surface area contributed by atoms with Gasteiger partial charge in [-0.3, -0.25) is 0 Å². The molecule has 3 N–H and O–H groups in total. The number of carboxylic acids is 2. The SMILES string of the molecule is CCOc1c(Oc2ccc(C(=O)O)cc2)ccc(O)c1C(=O)O. The van der Waals surface area contributed by atoms with Gasteiger partial charge in [0.15, 0.2) is 11.5 Å². The fraction of sp³-hybridized carbons (Fsp3) is 0.125. The third-order valence-corrected chi connectivity index (χ3v) is 2.93. The van der Waals surface area contributed by atoms with Crippen molar-refractivity contribution in [2.75, 3.05) is 6.61 Å². The molecular weight excluding hydrogens is 304 g/mol. The van der Waals surface area contributed by atoms with Crippen LogP contribution in [-0.4, -0.2) is 33.9 Å². The second kappa shape index (κ2) is 6.69.